The van der Waals surface area contributed by atoms with Crippen molar-refractivity contribution in [2.24, 2.45) is 0 Å². The largest absolute Gasteiger partial charge is 0.299 e. The van der Waals surface area contributed by atoms with Gasteiger partial charge in [0.2, 0.25) is 0 Å². The summed E-state index contributed by atoms with van der Waals surface area (Å²) in [6, 6.07) is 7.43. The molecule has 0 spiro atoms. The molecular weight excluding hydrogens is 322 g/mol. The lowest BCUT2D eigenvalue weighted by atomic mass is 10.1. The molecule has 0 amide bonds. The molecule has 15 heavy (non-hydrogen) atoms. The van der Waals surface area contributed by atoms with Gasteiger partial charge in [0.1, 0.15) is 5.78 Å². The molecule has 1 unspecified atom stereocenters. The minimum Gasteiger partial charge on any atom is -0.299 e. The average Bonchev–Trinajstić information content (AvgIpc) is 2.20. The lowest BCUT2D eigenvalue weighted by molar-refractivity contribution is -0.116. The van der Waals surface area contributed by atoms with Crippen LogP contribution in [0.4, 0.5) is 0 Å². The van der Waals surface area contributed by atoms with Crippen molar-refractivity contribution >= 4 is 37.6 Å². The summed E-state index contributed by atoms with van der Waals surface area (Å²) in [5.74, 6) is 0.103. The molecule has 1 rings (SSSR count). The van der Waals surface area contributed by atoms with Gasteiger partial charge >= 0.3 is 0 Å². The summed E-state index contributed by atoms with van der Waals surface area (Å²) in [5, 5.41) is 8.69. The Kier molecular flexibility index (Phi) is 4.49. The third-order valence-electron chi connectivity index (χ3n) is 2.02. The predicted octanol–water partition coefficient (Wildman–Crippen LogP) is 3.22. The third-order valence-corrected chi connectivity index (χ3v) is 3.73. The Morgan fingerprint density at radius 3 is 2.73 bits per heavy atom. The number of halogens is 2. The number of benzene rings is 1. The van der Waals surface area contributed by atoms with Gasteiger partial charge < -0.3 is 0 Å². The number of carbonyl (C=O) groups is 1. The van der Waals surface area contributed by atoms with Crippen LogP contribution in [-0.2, 0) is 11.2 Å². The summed E-state index contributed by atoms with van der Waals surface area (Å²) >= 11 is 6.70. The van der Waals surface area contributed by atoms with Gasteiger partial charge in [-0.15, -0.1) is 0 Å². The summed E-state index contributed by atoms with van der Waals surface area (Å²) in [5.41, 5.74) is 1.63. The van der Waals surface area contributed by atoms with Crippen molar-refractivity contribution in [1.29, 1.82) is 5.26 Å². The first-order chi connectivity index (χ1) is 7.04. The molecule has 0 N–H and O–H groups in total. The van der Waals surface area contributed by atoms with E-state index in [0.717, 1.165) is 10.0 Å². The first-order valence-corrected chi connectivity index (χ1v) is 6.08. The van der Waals surface area contributed by atoms with Crippen molar-refractivity contribution in [1.82, 2.24) is 0 Å². The summed E-state index contributed by atoms with van der Waals surface area (Å²) < 4.78 is 0.868. The maximum absolute atomic E-state index is 11.1. The highest BCUT2D eigenvalue weighted by atomic mass is 79.9. The Balaban J connectivity index is 2.88. The van der Waals surface area contributed by atoms with Gasteiger partial charge in [0.05, 0.1) is 16.5 Å². The number of hydrogen-bond acceptors (Lipinski definition) is 2. The van der Waals surface area contributed by atoms with E-state index in [2.05, 4.69) is 37.9 Å². The van der Waals surface area contributed by atoms with Crippen molar-refractivity contribution in [3.05, 3.63) is 33.8 Å². The van der Waals surface area contributed by atoms with E-state index >= 15 is 0 Å². The molecule has 1 aromatic rings. The lowest BCUT2D eigenvalue weighted by Crippen LogP contribution is -2.12. The molecule has 2 nitrogen and oxygen atoms in total. The number of carbonyl (C=O) groups excluding carboxylic acids is 1. The number of hydrogen-bond donors (Lipinski definition) is 0. The summed E-state index contributed by atoms with van der Waals surface area (Å²) in [6.45, 7) is 1.55. The monoisotopic (exact) mass is 329 g/mol. The van der Waals surface area contributed by atoms with Crippen LogP contribution in [-0.4, -0.2) is 10.6 Å². The quantitative estimate of drug-likeness (QED) is 0.798. The molecule has 0 aliphatic heterocycles. The van der Waals surface area contributed by atoms with Gasteiger partial charge in [0.25, 0.3) is 0 Å². The molecule has 0 fully saturated rings. The van der Waals surface area contributed by atoms with Crippen LogP contribution < -0.4 is 0 Å². The van der Waals surface area contributed by atoms with E-state index in [-0.39, 0.29) is 10.6 Å². The predicted molar refractivity (Wildman–Crippen MR) is 66.0 cm³/mol. The lowest BCUT2D eigenvalue weighted by Gasteiger charge is -2.08. The van der Waals surface area contributed by atoms with Crippen LogP contribution in [0.2, 0.25) is 0 Å². The maximum atomic E-state index is 11.1. The smallest absolute Gasteiger partial charge is 0.143 e. The zero-order valence-corrected chi connectivity index (χ0v) is 11.3. The molecule has 78 valence electrons. The Morgan fingerprint density at radius 1 is 1.60 bits per heavy atom. The van der Waals surface area contributed by atoms with E-state index in [1.54, 1.807) is 19.1 Å². The molecule has 0 saturated heterocycles. The van der Waals surface area contributed by atoms with E-state index in [1.807, 2.05) is 6.07 Å². The van der Waals surface area contributed by atoms with Crippen LogP contribution in [0.25, 0.3) is 0 Å². The summed E-state index contributed by atoms with van der Waals surface area (Å²) in [6.07, 6.45) is 0.627. The van der Waals surface area contributed by atoms with Gasteiger partial charge in [-0.05, 0) is 31.0 Å². The molecule has 0 aliphatic rings. The Morgan fingerprint density at radius 2 is 2.27 bits per heavy atom. The van der Waals surface area contributed by atoms with Gasteiger partial charge in [-0.1, -0.05) is 37.9 Å². The Hall–Kier alpha value is -0.660. The van der Waals surface area contributed by atoms with Crippen molar-refractivity contribution in [2.75, 3.05) is 0 Å². The van der Waals surface area contributed by atoms with Gasteiger partial charge in [0, 0.05) is 4.47 Å². The minimum absolute atomic E-state index is 0.103. The van der Waals surface area contributed by atoms with E-state index in [0.29, 0.717) is 12.0 Å². The van der Waals surface area contributed by atoms with Crippen LogP contribution >= 0.6 is 31.9 Å². The third kappa shape index (κ3) is 3.44. The Labute approximate surface area is 106 Å². The molecule has 1 aromatic carbocycles. The van der Waals surface area contributed by atoms with Crippen LogP contribution in [0.1, 0.15) is 18.1 Å². The van der Waals surface area contributed by atoms with E-state index in [9.17, 15) is 4.79 Å². The number of nitriles is 1. The second kappa shape index (κ2) is 5.43. The van der Waals surface area contributed by atoms with Crippen LogP contribution in [0.3, 0.4) is 0 Å². The minimum atomic E-state index is -0.165. The van der Waals surface area contributed by atoms with Gasteiger partial charge in [-0.2, -0.15) is 5.26 Å². The highest BCUT2D eigenvalue weighted by Gasteiger charge is 2.12. The molecule has 0 aromatic heterocycles. The molecule has 0 heterocycles. The van der Waals surface area contributed by atoms with E-state index in [1.165, 1.54) is 0 Å². The van der Waals surface area contributed by atoms with Crippen LogP contribution in [0.15, 0.2) is 22.7 Å². The molecule has 4 heteroatoms. The zero-order chi connectivity index (χ0) is 11.4. The Bertz CT molecular complexity index is 423. The van der Waals surface area contributed by atoms with E-state index in [4.69, 9.17) is 5.26 Å². The standard InChI is InChI=1S/C11H9Br2NO/c1-7(15)10(12)5-9-3-2-8(6-14)4-11(9)13/h2-4,10H,5H2,1H3. The second-order valence-corrected chi connectivity index (χ2v) is 5.16. The highest BCUT2D eigenvalue weighted by Crippen LogP contribution is 2.22. The normalized spacial score (nSPS) is 11.9. The summed E-state index contributed by atoms with van der Waals surface area (Å²) in [4.78, 5) is 10.9. The number of ketones is 1. The highest BCUT2D eigenvalue weighted by molar-refractivity contribution is 9.10. The molecule has 0 bridgehead atoms. The zero-order valence-electron chi connectivity index (χ0n) is 8.13. The van der Waals surface area contributed by atoms with Crippen molar-refractivity contribution in [3.63, 3.8) is 0 Å². The van der Waals surface area contributed by atoms with Gasteiger partial charge in [-0.3, -0.25) is 4.79 Å². The number of Topliss-reactive ketones (excluding diaryl/α,β-unsaturated/α-hetero) is 1. The topological polar surface area (TPSA) is 40.9 Å². The van der Waals surface area contributed by atoms with Crippen LogP contribution in [0.5, 0.6) is 0 Å². The second-order valence-electron chi connectivity index (χ2n) is 3.20. The van der Waals surface area contributed by atoms with Gasteiger partial charge in [-0.25, -0.2) is 0 Å². The summed E-state index contributed by atoms with van der Waals surface area (Å²) in [7, 11) is 0. The SMILES string of the molecule is CC(=O)C(Br)Cc1ccc(C#N)cc1Br. The fraction of sp³-hybridized carbons (Fsp3) is 0.273. The number of alkyl halides is 1. The maximum Gasteiger partial charge on any atom is 0.143 e. The molecule has 0 aliphatic carbocycles. The fourth-order valence-corrected chi connectivity index (χ4v) is 2.01. The van der Waals surface area contributed by atoms with Crippen LogP contribution in [0, 0.1) is 11.3 Å². The van der Waals surface area contributed by atoms with Crippen molar-refractivity contribution < 1.29 is 4.79 Å². The molecule has 0 saturated carbocycles. The molecule has 1 atom stereocenters. The number of nitrogens with zero attached hydrogens (tertiary/aromatic N) is 1. The number of rotatable bonds is 3. The fourth-order valence-electron chi connectivity index (χ4n) is 1.12. The van der Waals surface area contributed by atoms with Gasteiger partial charge in [0.15, 0.2) is 0 Å². The average molecular weight is 331 g/mol. The first kappa shape index (κ1) is 12.4. The van der Waals surface area contributed by atoms with Crippen molar-refractivity contribution in [3.8, 4) is 6.07 Å². The first-order valence-electron chi connectivity index (χ1n) is 4.37. The van der Waals surface area contributed by atoms with E-state index < -0.39 is 0 Å². The van der Waals surface area contributed by atoms with Crippen molar-refractivity contribution in [2.45, 2.75) is 18.2 Å². The molecular formula is C11H9Br2NO. The molecule has 0 radical (unpaired) electrons.